The summed E-state index contributed by atoms with van der Waals surface area (Å²) in [6.07, 6.45) is 0. The van der Waals surface area contributed by atoms with Crippen LogP contribution in [0.2, 0.25) is 10.0 Å². The van der Waals surface area contributed by atoms with E-state index in [1.807, 2.05) is 25.1 Å². The van der Waals surface area contributed by atoms with Gasteiger partial charge in [0.05, 0.1) is 18.2 Å². The molecule has 0 aliphatic heterocycles. The third-order valence-electron chi connectivity index (χ3n) is 3.57. The molecule has 0 radical (unpaired) electrons. The fraction of sp³-hybridized carbons (Fsp3) is 0.222. The number of hydrogen-bond acceptors (Lipinski definition) is 4. The topological polar surface area (TPSA) is 90.7 Å². The minimum absolute atomic E-state index is 0.126. The molecule has 0 aliphatic carbocycles. The molecule has 6 nitrogen and oxygen atoms in total. The predicted molar refractivity (Wildman–Crippen MR) is 100 cm³/mol. The van der Waals surface area contributed by atoms with Gasteiger partial charge in [-0.3, -0.25) is 9.59 Å². The molecule has 1 atom stereocenters. The Balaban J connectivity index is 2.22. The molecule has 138 valence electrons. The molecule has 0 aliphatic rings. The van der Waals surface area contributed by atoms with E-state index < -0.39 is 5.91 Å². The van der Waals surface area contributed by atoms with E-state index >= 15 is 0 Å². The molecule has 2 amide bonds. The Bertz CT molecular complexity index is 827. The average molecular weight is 397 g/mol. The quantitative estimate of drug-likeness (QED) is 0.750. The van der Waals surface area contributed by atoms with E-state index in [0.717, 1.165) is 5.56 Å². The van der Waals surface area contributed by atoms with Gasteiger partial charge in [0.25, 0.3) is 11.8 Å². The van der Waals surface area contributed by atoms with Gasteiger partial charge in [0.1, 0.15) is 0 Å². The van der Waals surface area contributed by atoms with E-state index in [0.29, 0.717) is 5.02 Å². The number of carbonyl (C=O) groups excluding carboxylic acids is 2. The van der Waals surface area contributed by atoms with Gasteiger partial charge in [0.15, 0.2) is 18.1 Å². The number of methoxy groups -OCH3 is 1. The second-order valence-electron chi connectivity index (χ2n) is 5.46. The van der Waals surface area contributed by atoms with Crippen molar-refractivity contribution in [2.75, 3.05) is 13.7 Å². The summed E-state index contributed by atoms with van der Waals surface area (Å²) in [5, 5.41) is 3.54. The van der Waals surface area contributed by atoms with Gasteiger partial charge in [-0.25, -0.2) is 0 Å². The number of amides is 2. The number of halogens is 2. The van der Waals surface area contributed by atoms with Crippen LogP contribution in [0.25, 0.3) is 0 Å². The lowest BCUT2D eigenvalue weighted by Gasteiger charge is -2.17. The van der Waals surface area contributed by atoms with Crippen molar-refractivity contribution in [1.82, 2.24) is 5.32 Å². The zero-order valence-corrected chi connectivity index (χ0v) is 15.7. The normalized spacial score (nSPS) is 11.5. The summed E-state index contributed by atoms with van der Waals surface area (Å²) in [6.45, 7) is 1.47. The van der Waals surface area contributed by atoms with E-state index in [1.165, 1.54) is 19.2 Å². The van der Waals surface area contributed by atoms with Crippen LogP contribution < -0.4 is 20.5 Å². The lowest BCUT2D eigenvalue weighted by Crippen LogP contribution is -2.27. The van der Waals surface area contributed by atoms with Crippen molar-refractivity contribution < 1.29 is 19.1 Å². The van der Waals surface area contributed by atoms with Crippen LogP contribution in [0, 0.1) is 0 Å². The van der Waals surface area contributed by atoms with Crippen LogP contribution in [0.3, 0.4) is 0 Å². The van der Waals surface area contributed by atoms with E-state index in [1.54, 1.807) is 6.07 Å². The van der Waals surface area contributed by atoms with Crippen LogP contribution in [0.1, 0.15) is 28.9 Å². The molecular weight excluding hydrogens is 379 g/mol. The van der Waals surface area contributed by atoms with E-state index in [9.17, 15) is 9.59 Å². The van der Waals surface area contributed by atoms with Crippen LogP contribution in [-0.2, 0) is 4.79 Å². The lowest BCUT2D eigenvalue weighted by atomic mass is 10.1. The first kappa shape index (κ1) is 19.9. The molecule has 3 N–H and O–H groups in total. The molecule has 0 saturated carbocycles. The summed E-state index contributed by atoms with van der Waals surface area (Å²) in [5.74, 6) is -0.657. The number of rotatable bonds is 7. The minimum Gasteiger partial charge on any atom is -0.493 e. The maximum atomic E-state index is 12.6. The Labute approximate surface area is 161 Å². The molecule has 2 rings (SSSR count). The van der Waals surface area contributed by atoms with Crippen molar-refractivity contribution in [3.05, 3.63) is 57.6 Å². The van der Waals surface area contributed by atoms with Gasteiger partial charge >= 0.3 is 0 Å². The highest BCUT2D eigenvalue weighted by Gasteiger charge is 2.19. The van der Waals surface area contributed by atoms with Crippen molar-refractivity contribution in [3.8, 4) is 11.5 Å². The zero-order chi connectivity index (χ0) is 19.3. The first-order valence-electron chi connectivity index (χ1n) is 7.67. The van der Waals surface area contributed by atoms with E-state index in [4.69, 9.17) is 38.4 Å². The predicted octanol–water partition coefficient (Wildman–Crippen LogP) is 3.36. The second kappa shape index (κ2) is 8.78. The molecule has 0 saturated heterocycles. The monoisotopic (exact) mass is 396 g/mol. The third-order valence-corrected chi connectivity index (χ3v) is 4.19. The first-order chi connectivity index (χ1) is 12.3. The van der Waals surface area contributed by atoms with Crippen LogP contribution in [0.15, 0.2) is 36.4 Å². The van der Waals surface area contributed by atoms with E-state index in [-0.39, 0.29) is 40.6 Å². The highest BCUT2D eigenvalue weighted by atomic mass is 35.5. The summed E-state index contributed by atoms with van der Waals surface area (Å²) in [5.41, 5.74) is 6.13. The number of nitrogens with two attached hydrogens (primary N) is 1. The van der Waals surface area contributed by atoms with E-state index in [2.05, 4.69) is 5.32 Å². The minimum atomic E-state index is -0.654. The average Bonchev–Trinajstić information content (AvgIpc) is 2.60. The van der Waals surface area contributed by atoms with Crippen LogP contribution in [-0.4, -0.2) is 25.5 Å². The Kier molecular flexibility index (Phi) is 6.71. The van der Waals surface area contributed by atoms with Crippen molar-refractivity contribution >= 4 is 35.0 Å². The number of ether oxygens (including phenoxy) is 2. The highest BCUT2D eigenvalue weighted by molar-refractivity contribution is 6.32. The van der Waals surface area contributed by atoms with Gasteiger partial charge < -0.3 is 20.5 Å². The molecule has 0 spiro atoms. The zero-order valence-electron chi connectivity index (χ0n) is 14.2. The smallest absolute Gasteiger partial charge is 0.255 e. The van der Waals surface area contributed by atoms with Gasteiger partial charge in [-0.05, 0) is 30.7 Å². The largest absolute Gasteiger partial charge is 0.493 e. The molecule has 26 heavy (non-hydrogen) atoms. The number of benzene rings is 2. The summed E-state index contributed by atoms with van der Waals surface area (Å²) >= 11 is 12.3. The van der Waals surface area contributed by atoms with Crippen LogP contribution >= 0.6 is 23.2 Å². The van der Waals surface area contributed by atoms with Crippen molar-refractivity contribution in [3.63, 3.8) is 0 Å². The van der Waals surface area contributed by atoms with Crippen LogP contribution in [0.4, 0.5) is 0 Å². The third kappa shape index (κ3) is 4.80. The summed E-state index contributed by atoms with van der Waals surface area (Å²) < 4.78 is 10.4. The highest BCUT2D eigenvalue weighted by Crippen LogP contribution is 2.36. The van der Waals surface area contributed by atoms with Gasteiger partial charge in [0.2, 0.25) is 0 Å². The molecule has 2 aromatic rings. The number of primary amides is 1. The van der Waals surface area contributed by atoms with Gasteiger partial charge in [-0.1, -0.05) is 41.4 Å². The van der Waals surface area contributed by atoms with Gasteiger partial charge in [-0.2, -0.15) is 0 Å². The number of carbonyl (C=O) groups is 2. The van der Waals surface area contributed by atoms with Gasteiger partial charge in [0, 0.05) is 10.6 Å². The van der Waals surface area contributed by atoms with Crippen LogP contribution in [0.5, 0.6) is 11.5 Å². The van der Waals surface area contributed by atoms with Crippen molar-refractivity contribution in [2.24, 2.45) is 5.73 Å². The first-order valence-corrected chi connectivity index (χ1v) is 8.43. The Morgan fingerprint density at radius 2 is 1.88 bits per heavy atom. The van der Waals surface area contributed by atoms with Crippen molar-refractivity contribution in [2.45, 2.75) is 13.0 Å². The SMILES string of the molecule is COc1cc(C(=O)NC(C)c2ccccc2Cl)cc(Cl)c1OCC(N)=O. The maximum Gasteiger partial charge on any atom is 0.255 e. The molecule has 1 unspecified atom stereocenters. The molecular formula is C18H18Cl2N2O4. The molecule has 0 aromatic heterocycles. The van der Waals surface area contributed by atoms with Gasteiger partial charge in [-0.15, -0.1) is 0 Å². The molecule has 8 heteroatoms. The Morgan fingerprint density at radius 3 is 2.50 bits per heavy atom. The Hall–Kier alpha value is -2.44. The molecule has 0 fully saturated rings. The molecule has 0 bridgehead atoms. The summed E-state index contributed by atoms with van der Waals surface area (Å²) in [4.78, 5) is 23.4. The summed E-state index contributed by atoms with van der Waals surface area (Å²) in [7, 11) is 1.40. The summed E-state index contributed by atoms with van der Waals surface area (Å²) in [6, 6.07) is 9.83. The van der Waals surface area contributed by atoms with Crippen molar-refractivity contribution in [1.29, 1.82) is 0 Å². The maximum absolute atomic E-state index is 12.6. The number of nitrogens with one attached hydrogen (secondary N) is 1. The number of hydrogen-bond donors (Lipinski definition) is 2. The molecule has 2 aromatic carbocycles. The fourth-order valence-electron chi connectivity index (χ4n) is 2.32. The lowest BCUT2D eigenvalue weighted by molar-refractivity contribution is -0.119. The standard InChI is InChI=1S/C18H18Cl2N2O4/c1-10(12-5-3-4-6-13(12)19)22-18(24)11-7-14(20)17(15(8-11)25-2)26-9-16(21)23/h3-8,10H,9H2,1-2H3,(H2,21,23)(H,22,24). The fourth-order valence-corrected chi connectivity index (χ4v) is 2.88. The molecule has 0 heterocycles. The Morgan fingerprint density at radius 1 is 1.19 bits per heavy atom. The second-order valence-corrected chi connectivity index (χ2v) is 6.28.